The van der Waals surface area contributed by atoms with Gasteiger partial charge in [0.1, 0.15) is 6.04 Å². The Morgan fingerprint density at radius 3 is 2.91 bits per heavy atom. The predicted octanol–water partition coefficient (Wildman–Crippen LogP) is 1.60. The number of halogens is 1. The van der Waals surface area contributed by atoms with Crippen LogP contribution in [0.4, 0.5) is 5.69 Å². The normalized spacial score (nSPS) is 20.6. The Morgan fingerprint density at radius 1 is 1.45 bits per heavy atom. The molecule has 1 saturated heterocycles. The van der Waals surface area contributed by atoms with Crippen LogP contribution in [0, 0.1) is 0 Å². The van der Waals surface area contributed by atoms with E-state index >= 15 is 0 Å². The van der Waals surface area contributed by atoms with Crippen molar-refractivity contribution in [3.63, 3.8) is 0 Å². The molecule has 0 radical (unpaired) electrons. The Morgan fingerprint density at radius 2 is 2.23 bits per heavy atom. The number of carbonyl (C=O) groups excluding carboxylic acids is 2. The summed E-state index contributed by atoms with van der Waals surface area (Å²) in [5.41, 5.74) is 0.973. The molecule has 0 saturated carbocycles. The molecule has 1 aliphatic heterocycles. The summed E-state index contributed by atoms with van der Waals surface area (Å²) in [6.45, 7) is 5.16. The average molecular weight is 329 g/mol. The molecule has 2 rings (SSSR count). The third-order valence-corrected chi connectivity index (χ3v) is 3.24. The molecule has 2 atom stereocenters. The lowest BCUT2D eigenvalue weighted by Gasteiger charge is -2.29. The van der Waals surface area contributed by atoms with Crippen LogP contribution in [0.5, 0.6) is 0 Å². The molecular formula is C15H21ClN2O4. The second kappa shape index (κ2) is 8.73. The van der Waals surface area contributed by atoms with E-state index in [1.807, 2.05) is 6.92 Å². The molecule has 1 aromatic carbocycles. The van der Waals surface area contributed by atoms with Gasteiger partial charge in [-0.25, -0.2) is 4.79 Å². The van der Waals surface area contributed by atoms with Crippen molar-refractivity contribution in [1.29, 1.82) is 0 Å². The lowest BCUT2D eigenvalue weighted by molar-refractivity contribution is -0.123. The first kappa shape index (κ1) is 18.4. The molecule has 1 amide bonds. The number of nitrogens with one attached hydrogen (secondary N) is 2. The van der Waals surface area contributed by atoms with Crippen LogP contribution in [0.3, 0.4) is 0 Å². The van der Waals surface area contributed by atoms with Gasteiger partial charge in [-0.2, -0.15) is 0 Å². The minimum atomic E-state index is -0.402. The number of esters is 1. The summed E-state index contributed by atoms with van der Waals surface area (Å²) < 4.78 is 10.4. The van der Waals surface area contributed by atoms with Crippen LogP contribution in [0.15, 0.2) is 24.3 Å². The summed E-state index contributed by atoms with van der Waals surface area (Å²) in [4.78, 5) is 23.9. The Balaban J connectivity index is 0.00000242. The summed E-state index contributed by atoms with van der Waals surface area (Å²) in [5, 5.41) is 5.91. The molecule has 1 aliphatic rings. The van der Waals surface area contributed by atoms with E-state index in [0.29, 0.717) is 31.0 Å². The molecule has 1 heterocycles. The van der Waals surface area contributed by atoms with Gasteiger partial charge in [-0.3, -0.25) is 4.79 Å². The zero-order valence-corrected chi connectivity index (χ0v) is 13.4. The third-order valence-electron chi connectivity index (χ3n) is 3.24. The zero-order valence-electron chi connectivity index (χ0n) is 12.6. The number of carbonyl (C=O) groups is 2. The van der Waals surface area contributed by atoms with Gasteiger partial charge in [0.15, 0.2) is 0 Å². The van der Waals surface area contributed by atoms with Crippen LogP contribution in [0.2, 0.25) is 0 Å². The van der Waals surface area contributed by atoms with Crippen molar-refractivity contribution in [2.75, 3.05) is 25.1 Å². The summed E-state index contributed by atoms with van der Waals surface area (Å²) >= 11 is 0. The molecule has 7 heteroatoms. The van der Waals surface area contributed by atoms with Crippen LogP contribution in [0.25, 0.3) is 0 Å². The highest BCUT2D eigenvalue weighted by molar-refractivity contribution is 5.97. The number of amides is 1. The summed E-state index contributed by atoms with van der Waals surface area (Å²) in [6.07, 6.45) is -0.188. The monoisotopic (exact) mass is 328 g/mol. The van der Waals surface area contributed by atoms with E-state index < -0.39 is 12.0 Å². The highest BCUT2D eigenvalue weighted by atomic mass is 35.5. The van der Waals surface area contributed by atoms with E-state index in [0.717, 1.165) is 0 Å². The van der Waals surface area contributed by atoms with E-state index in [4.69, 9.17) is 9.47 Å². The van der Waals surface area contributed by atoms with Crippen LogP contribution < -0.4 is 10.6 Å². The average Bonchev–Trinajstić information content (AvgIpc) is 2.48. The van der Waals surface area contributed by atoms with Gasteiger partial charge in [0, 0.05) is 12.2 Å². The second-order valence-corrected chi connectivity index (χ2v) is 4.80. The minimum Gasteiger partial charge on any atom is -0.462 e. The van der Waals surface area contributed by atoms with E-state index in [9.17, 15) is 9.59 Å². The van der Waals surface area contributed by atoms with Crippen molar-refractivity contribution in [2.24, 2.45) is 0 Å². The van der Waals surface area contributed by atoms with Crippen molar-refractivity contribution >= 4 is 30.0 Å². The Labute approximate surface area is 136 Å². The van der Waals surface area contributed by atoms with Gasteiger partial charge in [-0.1, -0.05) is 6.07 Å². The summed E-state index contributed by atoms with van der Waals surface area (Å²) in [7, 11) is 0. The van der Waals surface area contributed by atoms with Gasteiger partial charge < -0.3 is 20.1 Å². The second-order valence-electron chi connectivity index (χ2n) is 4.80. The molecule has 0 aliphatic carbocycles. The molecule has 6 nitrogen and oxygen atoms in total. The molecular weight excluding hydrogens is 308 g/mol. The number of anilines is 1. The molecule has 1 aromatic rings. The molecule has 22 heavy (non-hydrogen) atoms. The first-order valence-corrected chi connectivity index (χ1v) is 7.05. The van der Waals surface area contributed by atoms with Crippen molar-refractivity contribution in [3.05, 3.63) is 29.8 Å². The van der Waals surface area contributed by atoms with Gasteiger partial charge in [-0.05, 0) is 32.0 Å². The lowest BCUT2D eigenvalue weighted by Crippen LogP contribution is -2.53. The number of ether oxygens (including phenoxy) is 2. The maximum Gasteiger partial charge on any atom is 0.338 e. The van der Waals surface area contributed by atoms with Crippen molar-refractivity contribution in [3.8, 4) is 0 Å². The fourth-order valence-corrected chi connectivity index (χ4v) is 2.19. The highest BCUT2D eigenvalue weighted by Gasteiger charge is 2.28. The van der Waals surface area contributed by atoms with E-state index in [1.54, 1.807) is 31.2 Å². The molecule has 0 aromatic heterocycles. The Hall–Kier alpha value is -1.63. The van der Waals surface area contributed by atoms with Gasteiger partial charge in [-0.15, -0.1) is 12.4 Å². The van der Waals surface area contributed by atoms with Crippen molar-refractivity contribution in [1.82, 2.24) is 5.32 Å². The first-order chi connectivity index (χ1) is 10.1. The molecule has 122 valence electrons. The topological polar surface area (TPSA) is 76.7 Å². The number of hydrogen-bond donors (Lipinski definition) is 2. The lowest BCUT2D eigenvalue weighted by atomic mass is 10.1. The number of morpholine rings is 1. The first-order valence-electron chi connectivity index (χ1n) is 7.05. The number of hydrogen-bond acceptors (Lipinski definition) is 5. The van der Waals surface area contributed by atoms with Crippen LogP contribution in [-0.4, -0.2) is 43.8 Å². The zero-order chi connectivity index (χ0) is 15.2. The summed E-state index contributed by atoms with van der Waals surface area (Å²) in [5.74, 6) is -0.579. The fraction of sp³-hybridized carbons (Fsp3) is 0.467. The van der Waals surface area contributed by atoms with Gasteiger partial charge in [0.25, 0.3) is 0 Å². The molecule has 0 bridgehead atoms. The Kier molecular flexibility index (Phi) is 7.31. The van der Waals surface area contributed by atoms with Gasteiger partial charge in [0.05, 0.1) is 24.9 Å². The standard InChI is InChI=1S/C15H20N2O4.ClH/c1-3-20-15(19)11-5-4-6-12(9-11)17-14(18)13-10(2)21-8-7-16-13;/h4-6,9-10,13,16H,3,7-8H2,1-2H3,(H,17,18);1H/t10-,13+;/m1./s1. The maximum atomic E-state index is 12.2. The van der Waals surface area contributed by atoms with Crippen molar-refractivity contribution < 1.29 is 19.1 Å². The molecule has 1 fully saturated rings. The maximum absolute atomic E-state index is 12.2. The number of rotatable bonds is 4. The van der Waals surface area contributed by atoms with Crippen LogP contribution in [0.1, 0.15) is 24.2 Å². The smallest absolute Gasteiger partial charge is 0.338 e. The summed E-state index contributed by atoms with van der Waals surface area (Å²) in [6, 6.07) is 6.29. The van der Waals surface area contributed by atoms with Crippen LogP contribution >= 0.6 is 12.4 Å². The highest BCUT2D eigenvalue weighted by Crippen LogP contribution is 2.13. The predicted molar refractivity (Wildman–Crippen MR) is 85.5 cm³/mol. The molecule has 0 unspecified atom stereocenters. The molecule has 2 N–H and O–H groups in total. The van der Waals surface area contributed by atoms with Gasteiger partial charge in [0.2, 0.25) is 5.91 Å². The van der Waals surface area contributed by atoms with Crippen LogP contribution in [-0.2, 0) is 14.3 Å². The largest absolute Gasteiger partial charge is 0.462 e. The Bertz CT molecular complexity index is 524. The number of benzene rings is 1. The van der Waals surface area contributed by atoms with E-state index in [1.165, 1.54) is 0 Å². The van der Waals surface area contributed by atoms with E-state index in [2.05, 4.69) is 10.6 Å². The SMILES string of the molecule is CCOC(=O)c1cccc(NC(=O)[C@H]2NCCO[C@@H]2C)c1.Cl. The quantitative estimate of drug-likeness (QED) is 0.821. The fourth-order valence-electron chi connectivity index (χ4n) is 2.19. The minimum absolute atomic E-state index is 0. The van der Waals surface area contributed by atoms with Crippen molar-refractivity contribution in [2.45, 2.75) is 26.0 Å². The molecule has 0 spiro atoms. The van der Waals surface area contributed by atoms with E-state index in [-0.39, 0.29) is 24.4 Å². The van der Waals surface area contributed by atoms with Gasteiger partial charge >= 0.3 is 5.97 Å². The third kappa shape index (κ3) is 4.69.